The molecule has 2 rings (SSSR count). The minimum atomic E-state index is -0.185. The van der Waals surface area contributed by atoms with Gasteiger partial charge in [-0.15, -0.1) is 0 Å². The summed E-state index contributed by atoms with van der Waals surface area (Å²) in [4.78, 5) is 13.6. The molecule has 0 aliphatic rings. The number of urea groups is 1. The van der Waals surface area contributed by atoms with Crippen molar-refractivity contribution in [3.8, 4) is 0 Å². The van der Waals surface area contributed by atoms with E-state index in [0.29, 0.717) is 5.69 Å². The second-order valence-corrected chi connectivity index (χ2v) is 4.45. The number of hydrogen-bond acceptors (Lipinski definition) is 2. The van der Waals surface area contributed by atoms with Gasteiger partial charge in [0.1, 0.15) is 0 Å². The van der Waals surface area contributed by atoms with E-state index in [2.05, 4.69) is 5.32 Å². The number of nitrogen functional groups attached to an aromatic ring is 1. The summed E-state index contributed by atoms with van der Waals surface area (Å²) in [6, 6.07) is 14.7. The smallest absolute Gasteiger partial charge is 0.326 e. The lowest BCUT2D eigenvalue weighted by Crippen LogP contribution is -2.31. The molecule has 4 nitrogen and oxygen atoms in total. The molecule has 0 fully saturated rings. The first-order valence-electron chi connectivity index (χ1n) is 6.03. The maximum Gasteiger partial charge on any atom is 0.326 e. The van der Waals surface area contributed by atoms with Gasteiger partial charge in [-0.05, 0) is 48.9 Å². The Kier molecular flexibility index (Phi) is 3.71. The lowest BCUT2D eigenvalue weighted by molar-refractivity contribution is 0.258. The number of nitrogens with zero attached hydrogens (tertiary/aromatic N) is 1. The van der Waals surface area contributed by atoms with Crippen molar-refractivity contribution in [3.05, 3.63) is 54.1 Å². The van der Waals surface area contributed by atoms with Gasteiger partial charge in [0.05, 0.1) is 0 Å². The zero-order valence-corrected chi connectivity index (χ0v) is 11.1. The van der Waals surface area contributed by atoms with Crippen LogP contribution in [0.1, 0.15) is 5.56 Å². The van der Waals surface area contributed by atoms with E-state index >= 15 is 0 Å². The third-order valence-electron chi connectivity index (χ3n) is 2.85. The van der Waals surface area contributed by atoms with Crippen LogP contribution in [0.4, 0.5) is 21.9 Å². The molecule has 0 unspecified atom stereocenters. The van der Waals surface area contributed by atoms with E-state index in [1.165, 1.54) is 0 Å². The van der Waals surface area contributed by atoms with Crippen LogP contribution in [0.3, 0.4) is 0 Å². The Morgan fingerprint density at radius 1 is 1.16 bits per heavy atom. The fraction of sp³-hybridized carbons (Fsp3) is 0.133. The number of carbonyl (C=O) groups is 1. The van der Waals surface area contributed by atoms with Gasteiger partial charge in [0.25, 0.3) is 0 Å². The number of anilines is 3. The molecule has 3 N–H and O–H groups in total. The third-order valence-corrected chi connectivity index (χ3v) is 2.85. The minimum Gasteiger partial charge on any atom is -0.399 e. The van der Waals surface area contributed by atoms with Gasteiger partial charge in [0, 0.05) is 24.1 Å². The van der Waals surface area contributed by atoms with E-state index in [0.717, 1.165) is 16.9 Å². The second kappa shape index (κ2) is 5.44. The molecule has 2 aromatic rings. The van der Waals surface area contributed by atoms with Crippen LogP contribution in [0.5, 0.6) is 0 Å². The highest BCUT2D eigenvalue weighted by molar-refractivity contribution is 6.01. The summed E-state index contributed by atoms with van der Waals surface area (Å²) in [7, 11) is 1.72. The van der Waals surface area contributed by atoms with Crippen molar-refractivity contribution in [3.63, 3.8) is 0 Å². The number of amides is 2. The molecule has 0 aliphatic carbocycles. The molecule has 0 spiro atoms. The Bertz CT molecular complexity index is 578. The number of nitrogens with two attached hydrogens (primary N) is 1. The number of aryl methyl sites for hydroxylation is 1. The summed E-state index contributed by atoms with van der Waals surface area (Å²) in [6.07, 6.45) is 0. The van der Waals surface area contributed by atoms with Crippen LogP contribution >= 0.6 is 0 Å². The maximum absolute atomic E-state index is 12.1. The van der Waals surface area contributed by atoms with Crippen molar-refractivity contribution < 1.29 is 4.79 Å². The van der Waals surface area contributed by atoms with Crippen molar-refractivity contribution >= 4 is 23.1 Å². The predicted octanol–water partition coefficient (Wildman–Crippen LogP) is 3.25. The lowest BCUT2D eigenvalue weighted by Gasteiger charge is -2.18. The SMILES string of the molecule is Cc1cccc(NC(=O)N(C)c2ccc(N)cc2)c1. The van der Waals surface area contributed by atoms with Crippen molar-refractivity contribution in [1.29, 1.82) is 0 Å². The quantitative estimate of drug-likeness (QED) is 0.809. The fourth-order valence-corrected chi connectivity index (χ4v) is 1.75. The van der Waals surface area contributed by atoms with E-state index in [4.69, 9.17) is 5.73 Å². The van der Waals surface area contributed by atoms with E-state index < -0.39 is 0 Å². The van der Waals surface area contributed by atoms with Gasteiger partial charge in [-0.25, -0.2) is 4.79 Å². The second-order valence-electron chi connectivity index (χ2n) is 4.45. The van der Waals surface area contributed by atoms with Crippen LogP contribution in [-0.4, -0.2) is 13.1 Å². The molecule has 0 bridgehead atoms. The molecule has 0 aliphatic heterocycles. The van der Waals surface area contributed by atoms with E-state index in [9.17, 15) is 4.79 Å². The Hall–Kier alpha value is -2.49. The average Bonchev–Trinajstić information content (AvgIpc) is 2.39. The van der Waals surface area contributed by atoms with E-state index in [-0.39, 0.29) is 6.03 Å². The molecule has 0 saturated heterocycles. The molecule has 0 atom stereocenters. The van der Waals surface area contributed by atoms with Crippen LogP contribution in [-0.2, 0) is 0 Å². The first-order chi connectivity index (χ1) is 9.06. The van der Waals surface area contributed by atoms with Gasteiger partial charge in [0.15, 0.2) is 0 Å². The molecule has 0 heterocycles. The zero-order chi connectivity index (χ0) is 13.8. The lowest BCUT2D eigenvalue weighted by atomic mass is 10.2. The first-order valence-corrected chi connectivity index (χ1v) is 6.03. The summed E-state index contributed by atoms with van der Waals surface area (Å²) < 4.78 is 0. The molecule has 19 heavy (non-hydrogen) atoms. The number of hydrogen-bond donors (Lipinski definition) is 2. The Balaban J connectivity index is 2.09. The largest absolute Gasteiger partial charge is 0.399 e. The van der Waals surface area contributed by atoms with Crippen LogP contribution in [0.25, 0.3) is 0 Å². The van der Waals surface area contributed by atoms with Gasteiger partial charge in [0.2, 0.25) is 0 Å². The Morgan fingerprint density at radius 3 is 2.47 bits per heavy atom. The molecular formula is C15H17N3O. The molecule has 4 heteroatoms. The molecule has 2 aromatic carbocycles. The fourth-order valence-electron chi connectivity index (χ4n) is 1.75. The van der Waals surface area contributed by atoms with Gasteiger partial charge in [-0.3, -0.25) is 4.90 Å². The summed E-state index contributed by atoms with van der Waals surface area (Å²) in [5.41, 5.74) is 8.98. The van der Waals surface area contributed by atoms with Crippen LogP contribution in [0.15, 0.2) is 48.5 Å². The monoisotopic (exact) mass is 255 g/mol. The maximum atomic E-state index is 12.1. The van der Waals surface area contributed by atoms with Crippen LogP contribution < -0.4 is 16.0 Å². The van der Waals surface area contributed by atoms with Gasteiger partial charge in [-0.2, -0.15) is 0 Å². The van der Waals surface area contributed by atoms with Crippen molar-refractivity contribution in [2.45, 2.75) is 6.92 Å². The predicted molar refractivity (Wildman–Crippen MR) is 79.5 cm³/mol. The summed E-state index contributed by atoms with van der Waals surface area (Å²) in [5.74, 6) is 0. The summed E-state index contributed by atoms with van der Waals surface area (Å²) in [6.45, 7) is 1.99. The standard InChI is InChI=1S/C15H17N3O/c1-11-4-3-5-13(10-11)17-15(19)18(2)14-8-6-12(16)7-9-14/h3-10H,16H2,1-2H3,(H,17,19). The number of benzene rings is 2. The number of rotatable bonds is 2. The molecule has 0 saturated carbocycles. The highest BCUT2D eigenvalue weighted by Crippen LogP contribution is 2.16. The minimum absolute atomic E-state index is 0.185. The zero-order valence-electron chi connectivity index (χ0n) is 11.1. The normalized spacial score (nSPS) is 10.0. The van der Waals surface area contributed by atoms with E-state index in [1.807, 2.05) is 43.3 Å². The molecule has 0 radical (unpaired) electrons. The molecule has 2 amide bonds. The van der Waals surface area contributed by atoms with Gasteiger partial charge >= 0.3 is 6.03 Å². The Morgan fingerprint density at radius 2 is 1.84 bits per heavy atom. The number of nitrogens with one attached hydrogen (secondary N) is 1. The summed E-state index contributed by atoms with van der Waals surface area (Å²) in [5, 5.41) is 2.85. The van der Waals surface area contributed by atoms with Crippen LogP contribution in [0.2, 0.25) is 0 Å². The third kappa shape index (κ3) is 3.25. The van der Waals surface area contributed by atoms with Crippen molar-refractivity contribution in [1.82, 2.24) is 0 Å². The highest BCUT2D eigenvalue weighted by Gasteiger charge is 2.10. The molecule has 98 valence electrons. The van der Waals surface area contributed by atoms with Gasteiger partial charge in [-0.1, -0.05) is 12.1 Å². The average molecular weight is 255 g/mol. The Labute approximate surface area is 112 Å². The van der Waals surface area contributed by atoms with E-state index in [1.54, 1.807) is 24.1 Å². The first kappa shape index (κ1) is 13.0. The number of carbonyl (C=O) groups excluding carboxylic acids is 1. The highest BCUT2D eigenvalue weighted by atomic mass is 16.2. The molecular weight excluding hydrogens is 238 g/mol. The van der Waals surface area contributed by atoms with Crippen LogP contribution in [0, 0.1) is 6.92 Å². The van der Waals surface area contributed by atoms with Crippen molar-refractivity contribution in [2.24, 2.45) is 0 Å². The van der Waals surface area contributed by atoms with Gasteiger partial charge < -0.3 is 11.1 Å². The summed E-state index contributed by atoms with van der Waals surface area (Å²) >= 11 is 0. The van der Waals surface area contributed by atoms with Crippen molar-refractivity contribution in [2.75, 3.05) is 23.0 Å². The molecule has 0 aromatic heterocycles. The topological polar surface area (TPSA) is 58.4 Å².